The summed E-state index contributed by atoms with van der Waals surface area (Å²) in [7, 11) is 0. The van der Waals surface area contributed by atoms with Gasteiger partial charge in [0.05, 0.1) is 6.61 Å². The lowest BCUT2D eigenvalue weighted by Crippen LogP contribution is -2.20. The second kappa shape index (κ2) is 11.3. The number of benzene rings is 1. The summed E-state index contributed by atoms with van der Waals surface area (Å²) in [4.78, 5) is 23.2. The Bertz CT molecular complexity index is 420. The van der Waals surface area contributed by atoms with Gasteiger partial charge < -0.3 is 9.47 Å². The SMILES string of the molecule is O=C(OCCOCCCCCCCl)C(=O)c1ccccc1. The van der Waals surface area contributed by atoms with Gasteiger partial charge in [0.2, 0.25) is 0 Å². The maximum atomic E-state index is 11.7. The van der Waals surface area contributed by atoms with E-state index < -0.39 is 11.8 Å². The normalized spacial score (nSPS) is 10.3. The second-order valence-electron chi connectivity index (χ2n) is 4.55. The molecule has 0 saturated carbocycles. The lowest BCUT2D eigenvalue weighted by molar-refractivity contribution is -0.139. The molecule has 1 rings (SSSR count). The molecule has 4 nitrogen and oxygen atoms in total. The van der Waals surface area contributed by atoms with Gasteiger partial charge in [-0.15, -0.1) is 11.6 Å². The molecule has 0 N–H and O–H groups in total. The minimum Gasteiger partial charge on any atom is -0.457 e. The van der Waals surface area contributed by atoms with Crippen LogP contribution in [0.1, 0.15) is 36.0 Å². The van der Waals surface area contributed by atoms with Crippen molar-refractivity contribution in [2.75, 3.05) is 25.7 Å². The number of ketones is 1. The third-order valence-corrected chi connectivity index (χ3v) is 3.12. The van der Waals surface area contributed by atoms with Gasteiger partial charge in [-0.25, -0.2) is 4.79 Å². The highest BCUT2D eigenvalue weighted by Gasteiger charge is 2.16. The van der Waals surface area contributed by atoms with E-state index in [1.54, 1.807) is 30.3 Å². The molecule has 1 aromatic carbocycles. The Morgan fingerprint density at radius 1 is 0.905 bits per heavy atom. The zero-order valence-electron chi connectivity index (χ0n) is 12.1. The average molecular weight is 313 g/mol. The fourth-order valence-electron chi connectivity index (χ4n) is 1.72. The first kappa shape index (κ1) is 17.7. The fourth-order valence-corrected chi connectivity index (χ4v) is 1.91. The van der Waals surface area contributed by atoms with Crippen LogP contribution in [0.15, 0.2) is 30.3 Å². The molecule has 0 unspecified atom stereocenters. The largest absolute Gasteiger partial charge is 0.457 e. The van der Waals surface area contributed by atoms with Crippen LogP contribution in [0, 0.1) is 0 Å². The van der Waals surface area contributed by atoms with Crippen molar-refractivity contribution in [2.45, 2.75) is 25.7 Å². The summed E-state index contributed by atoms with van der Waals surface area (Å²) in [6.07, 6.45) is 4.18. The number of halogens is 1. The maximum Gasteiger partial charge on any atom is 0.379 e. The van der Waals surface area contributed by atoms with Gasteiger partial charge in [0.25, 0.3) is 5.78 Å². The lowest BCUT2D eigenvalue weighted by Gasteiger charge is -2.05. The van der Waals surface area contributed by atoms with Crippen LogP contribution in [0.2, 0.25) is 0 Å². The minimum atomic E-state index is -0.841. The van der Waals surface area contributed by atoms with Crippen molar-refractivity contribution < 1.29 is 19.1 Å². The number of carbonyl (C=O) groups is 2. The third kappa shape index (κ3) is 7.83. The zero-order chi connectivity index (χ0) is 15.3. The van der Waals surface area contributed by atoms with Crippen molar-refractivity contribution in [3.8, 4) is 0 Å². The van der Waals surface area contributed by atoms with Crippen molar-refractivity contribution in [2.24, 2.45) is 0 Å². The van der Waals surface area contributed by atoms with Gasteiger partial charge in [0.15, 0.2) is 0 Å². The van der Waals surface area contributed by atoms with E-state index in [-0.39, 0.29) is 6.61 Å². The Morgan fingerprint density at radius 2 is 1.62 bits per heavy atom. The molecule has 0 heterocycles. The van der Waals surface area contributed by atoms with E-state index in [1.165, 1.54) is 0 Å². The Balaban J connectivity index is 2.05. The molecule has 0 fully saturated rings. The van der Waals surface area contributed by atoms with Gasteiger partial charge in [-0.1, -0.05) is 43.2 Å². The van der Waals surface area contributed by atoms with Gasteiger partial charge in [0.1, 0.15) is 6.61 Å². The Hall–Kier alpha value is -1.39. The number of unbranched alkanes of at least 4 members (excludes halogenated alkanes) is 3. The predicted molar refractivity (Wildman–Crippen MR) is 81.7 cm³/mol. The van der Waals surface area contributed by atoms with Crippen molar-refractivity contribution >= 4 is 23.4 Å². The molecule has 0 amide bonds. The van der Waals surface area contributed by atoms with Crippen LogP contribution < -0.4 is 0 Å². The van der Waals surface area contributed by atoms with Gasteiger partial charge in [-0.05, 0) is 12.8 Å². The van der Waals surface area contributed by atoms with Crippen molar-refractivity contribution in [1.82, 2.24) is 0 Å². The molecule has 0 atom stereocenters. The summed E-state index contributed by atoms with van der Waals surface area (Å²) >= 11 is 5.58. The van der Waals surface area contributed by atoms with Gasteiger partial charge >= 0.3 is 5.97 Å². The van der Waals surface area contributed by atoms with Crippen LogP contribution in [0.4, 0.5) is 0 Å². The lowest BCUT2D eigenvalue weighted by atomic mass is 10.1. The smallest absolute Gasteiger partial charge is 0.379 e. The van der Waals surface area contributed by atoms with Crippen LogP contribution in [0.25, 0.3) is 0 Å². The first-order chi connectivity index (χ1) is 10.3. The number of Topliss-reactive ketones (excluding diaryl/α,β-unsaturated/α-hetero) is 1. The predicted octanol–water partition coefficient (Wildman–Crippen LogP) is 3.23. The van der Waals surface area contributed by atoms with E-state index in [0.29, 0.717) is 24.7 Å². The van der Waals surface area contributed by atoms with Crippen molar-refractivity contribution in [3.05, 3.63) is 35.9 Å². The molecule has 0 saturated heterocycles. The number of carbonyl (C=O) groups excluding carboxylic acids is 2. The Labute approximate surface area is 130 Å². The van der Waals surface area contributed by atoms with E-state index >= 15 is 0 Å². The monoisotopic (exact) mass is 312 g/mol. The molecule has 21 heavy (non-hydrogen) atoms. The summed E-state index contributed by atoms with van der Waals surface area (Å²) in [5, 5.41) is 0. The van der Waals surface area contributed by atoms with E-state index in [0.717, 1.165) is 25.7 Å². The minimum absolute atomic E-state index is 0.0963. The van der Waals surface area contributed by atoms with E-state index in [4.69, 9.17) is 21.1 Å². The van der Waals surface area contributed by atoms with Crippen molar-refractivity contribution in [1.29, 1.82) is 0 Å². The third-order valence-electron chi connectivity index (χ3n) is 2.85. The zero-order valence-corrected chi connectivity index (χ0v) is 12.8. The number of esters is 1. The summed E-state index contributed by atoms with van der Waals surface area (Å²) in [5.41, 5.74) is 0.336. The van der Waals surface area contributed by atoms with Gasteiger partial charge in [0, 0.05) is 18.1 Å². The highest BCUT2D eigenvalue weighted by molar-refractivity contribution is 6.40. The molecular formula is C16H21ClO4. The highest BCUT2D eigenvalue weighted by Crippen LogP contribution is 2.02. The van der Waals surface area contributed by atoms with Crippen LogP contribution in [0.5, 0.6) is 0 Å². The quantitative estimate of drug-likeness (QED) is 0.207. The number of rotatable bonds is 11. The van der Waals surface area contributed by atoms with E-state index in [2.05, 4.69) is 0 Å². The molecule has 0 spiro atoms. The molecule has 116 valence electrons. The second-order valence-corrected chi connectivity index (χ2v) is 4.92. The number of alkyl halides is 1. The molecule has 0 aliphatic rings. The molecule has 1 aromatic rings. The number of ether oxygens (including phenoxy) is 2. The molecule has 0 aromatic heterocycles. The summed E-state index contributed by atoms with van der Waals surface area (Å²) in [6, 6.07) is 8.35. The topological polar surface area (TPSA) is 52.6 Å². The molecule has 0 aliphatic heterocycles. The van der Waals surface area contributed by atoms with Gasteiger partial charge in [-0.3, -0.25) is 4.79 Å². The van der Waals surface area contributed by atoms with Crippen LogP contribution in [0.3, 0.4) is 0 Å². The molecule has 0 bridgehead atoms. The van der Waals surface area contributed by atoms with Crippen molar-refractivity contribution in [3.63, 3.8) is 0 Å². The summed E-state index contributed by atoms with van der Waals surface area (Å²) < 4.78 is 10.2. The average Bonchev–Trinajstić information content (AvgIpc) is 2.53. The first-order valence-corrected chi connectivity index (χ1v) is 7.69. The molecule has 0 radical (unpaired) electrons. The highest BCUT2D eigenvalue weighted by atomic mass is 35.5. The molecule has 5 heteroatoms. The van der Waals surface area contributed by atoms with Crippen LogP contribution in [-0.2, 0) is 14.3 Å². The van der Waals surface area contributed by atoms with Crippen LogP contribution >= 0.6 is 11.6 Å². The number of hydrogen-bond acceptors (Lipinski definition) is 4. The Kier molecular flexibility index (Phi) is 9.49. The van der Waals surface area contributed by atoms with Gasteiger partial charge in [-0.2, -0.15) is 0 Å². The Morgan fingerprint density at radius 3 is 2.33 bits per heavy atom. The van der Waals surface area contributed by atoms with Crippen LogP contribution in [-0.4, -0.2) is 37.5 Å². The van der Waals surface area contributed by atoms with E-state index in [9.17, 15) is 9.59 Å². The first-order valence-electron chi connectivity index (χ1n) is 7.16. The standard InChI is InChI=1S/C16H21ClO4/c17-10-6-1-2-7-11-20-12-13-21-16(19)15(18)14-8-4-3-5-9-14/h3-5,8-9H,1-2,6-7,10-13H2. The van der Waals surface area contributed by atoms with E-state index in [1.807, 2.05) is 0 Å². The fraction of sp³-hybridized carbons (Fsp3) is 0.500. The molecular weight excluding hydrogens is 292 g/mol. The summed E-state index contributed by atoms with van der Waals surface area (Å²) in [6.45, 7) is 1.04. The molecule has 0 aliphatic carbocycles. The maximum absolute atomic E-state index is 11.7. The number of hydrogen-bond donors (Lipinski definition) is 0. The summed E-state index contributed by atoms with van der Waals surface area (Å²) in [5.74, 6) is -0.768.